The molecule has 1 heterocycles. The Kier molecular flexibility index (Phi) is 4.57. The molecule has 0 saturated carbocycles. The summed E-state index contributed by atoms with van der Waals surface area (Å²) in [5, 5.41) is 0.380. The predicted octanol–water partition coefficient (Wildman–Crippen LogP) is 2.59. The molecule has 18 heavy (non-hydrogen) atoms. The fourth-order valence-corrected chi connectivity index (χ4v) is 1.66. The van der Waals surface area contributed by atoms with Gasteiger partial charge in [-0.05, 0) is 32.4 Å². The maximum absolute atomic E-state index is 12.1. The molecule has 1 aromatic rings. The first kappa shape index (κ1) is 14.8. The van der Waals surface area contributed by atoms with Crippen LogP contribution in [0.3, 0.4) is 0 Å². The van der Waals surface area contributed by atoms with E-state index in [1.165, 1.54) is 4.90 Å². The first-order valence-electron chi connectivity index (χ1n) is 5.87. The van der Waals surface area contributed by atoms with Gasteiger partial charge in [-0.1, -0.05) is 11.6 Å². The highest BCUT2D eigenvalue weighted by molar-refractivity contribution is 6.30. The molecule has 0 spiro atoms. The summed E-state index contributed by atoms with van der Waals surface area (Å²) >= 11 is 6.11. The third kappa shape index (κ3) is 2.93. The predicted molar refractivity (Wildman–Crippen MR) is 75.5 cm³/mol. The van der Waals surface area contributed by atoms with Crippen molar-refractivity contribution in [1.82, 2.24) is 9.88 Å². The highest BCUT2D eigenvalue weighted by Gasteiger charge is 2.18. The summed E-state index contributed by atoms with van der Waals surface area (Å²) in [6.45, 7) is 5.93. The maximum atomic E-state index is 12.1. The Hall–Kier alpha value is -1.29. The highest BCUT2D eigenvalue weighted by Crippen LogP contribution is 2.24. The molecule has 0 N–H and O–H groups in total. The van der Waals surface area contributed by atoms with Crippen LogP contribution in [-0.2, 0) is 0 Å². The van der Waals surface area contributed by atoms with Crippen molar-refractivity contribution < 1.29 is 4.79 Å². The van der Waals surface area contributed by atoms with Gasteiger partial charge in [-0.25, -0.2) is 4.98 Å². The van der Waals surface area contributed by atoms with Crippen LogP contribution in [0.25, 0.3) is 0 Å². The van der Waals surface area contributed by atoms with Gasteiger partial charge in [-0.3, -0.25) is 4.79 Å². The van der Waals surface area contributed by atoms with Gasteiger partial charge in [-0.2, -0.15) is 0 Å². The third-order valence-electron chi connectivity index (χ3n) is 2.97. The molecule has 0 aliphatic heterocycles. The minimum Gasteiger partial charge on any atom is -0.357 e. The molecule has 1 amide bonds. The number of rotatable bonds is 3. The van der Waals surface area contributed by atoms with Crippen molar-refractivity contribution in [2.75, 3.05) is 26.0 Å². The van der Waals surface area contributed by atoms with Crippen molar-refractivity contribution in [2.45, 2.75) is 26.8 Å². The minimum absolute atomic E-state index is 0.0600. The standard InChI is InChI=1S/C13H20ClN3O/c1-8(2)17(6)11-7-10(13(18)16(4)5)9(3)12(14)15-11/h7-8H,1-6H3. The zero-order chi connectivity index (χ0) is 14.0. The van der Waals surface area contributed by atoms with Gasteiger partial charge in [0.15, 0.2) is 0 Å². The van der Waals surface area contributed by atoms with Crippen molar-refractivity contribution in [3.63, 3.8) is 0 Å². The molecule has 0 aliphatic carbocycles. The molecular formula is C13H20ClN3O. The lowest BCUT2D eigenvalue weighted by Gasteiger charge is -2.24. The van der Waals surface area contributed by atoms with Crippen molar-refractivity contribution >= 4 is 23.3 Å². The van der Waals surface area contributed by atoms with E-state index in [0.29, 0.717) is 22.6 Å². The largest absolute Gasteiger partial charge is 0.357 e. The Morgan fingerprint density at radius 2 is 1.89 bits per heavy atom. The van der Waals surface area contributed by atoms with E-state index in [1.54, 1.807) is 20.2 Å². The summed E-state index contributed by atoms with van der Waals surface area (Å²) in [6, 6.07) is 2.09. The second-order valence-corrected chi connectivity index (χ2v) is 5.21. The second-order valence-electron chi connectivity index (χ2n) is 4.85. The van der Waals surface area contributed by atoms with Crippen molar-refractivity contribution in [1.29, 1.82) is 0 Å². The number of aromatic nitrogens is 1. The molecule has 100 valence electrons. The molecule has 5 heteroatoms. The highest BCUT2D eigenvalue weighted by atomic mass is 35.5. The smallest absolute Gasteiger partial charge is 0.253 e. The Balaban J connectivity index is 3.31. The van der Waals surface area contributed by atoms with Gasteiger partial charge < -0.3 is 9.80 Å². The first-order chi connectivity index (χ1) is 8.25. The van der Waals surface area contributed by atoms with Crippen LogP contribution in [0, 0.1) is 6.92 Å². The number of pyridine rings is 1. The second kappa shape index (κ2) is 5.57. The molecule has 0 aromatic carbocycles. The fraction of sp³-hybridized carbons (Fsp3) is 0.538. The lowest BCUT2D eigenvalue weighted by Crippen LogP contribution is -2.28. The van der Waals surface area contributed by atoms with Gasteiger partial charge >= 0.3 is 0 Å². The summed E-state index contributed by atoms with van der Waals surface area (Å²) in [5.74, 6) is 0.654. The molecular weight excluding hydrogens is 250 g/mol. The van der Waals surface area contributed by atoms with Crippen LogP contribution in [0.15, 0.2) is 6.07 Å². The number of carbonyl (C=O) groups is 1. The number of hydrogen-bond acceptors (Lipinski definition) is 3. The molecule has 0 atom stereocenters. The molecule has 1 rings (SSSR count). The van der Waals surface area contributed by atoms with Gasteiger partial charge in [-0.15, -0.1) is 0 Å². The zero-order valence-corrected chi connectivity index (χ0v) is 12.5. The number of nitrogens with zero attached hydrogens (tertiary/aromatic N) is 3. The SMILES string of the molecule is Cc1c(C(=O)N(C)C)cc(N(C)C(C)C)nc1Cl. The van der Waals surface area contributed by atoms with Gasteiger partial charge in [0.25, 0.3) is 5.91 Å². The van der Waals surface area contributed by atoms with Crippen LogP contribution in [0.2, 0.25) is 5.15 Å². The van der Waals surface area contributed by atoms with E-state index in [0.717, 1.165) is 5.56 Å². The normalized spacial score (nSPS) is 10.7. The summed E-state index contributed by atoms with van der Waals surface area (Å²) in [4.78, 5) is 19.9. The zero-order valence-electron chi connectivity index (χ0n) is 11.8. The van der Waals surface area contributed by atoms with E-state index in [2.05, 4.69) is 18.8 Å². The molecule has 4 nitrogen and oxygen atoms in total. The van der Waals surface area contributed by atoms with Gasteiger partial charge in [0.1, 0.15) is 11.0 Å². The van der Waals surface area contributed by atoms with E-state index >= 15 is 0 Å². The van der Waals surface area contributed by atoms with Crippen LogP contribution >= 0.6 is 11.6 Å². The van der Waals surface area contributed by atoms with Crippen LogP contribution < -0.4 is 4.90 Å². The Morgan fingerprint density at radius 3 is 2.33 bits per heavy atom. The van der Waals surface area contributed by atoms with Crippen LogP contribution in [0.4, 0.5) is 5.82 Å². The summed E-state index contributed by atoms with van der Waals surface area (Å²) < 4.78 is 0. The Labute approximate surface area is 114 Å². The monoisotopic (exact) mass is 269 g/mol. The maximum Gasteiger partial charge on any atom is 0.253 e. The van der Waals surface area contributed by atoms with E-state index in [-0.39, 0.29) is 5.91 Å². The number of carbonyl (C=O) groups excluding carboxylic acids is 1. The molecule has 0 radical (unpaired) electrons. The van der Waals surface area contributed by atoms with Gasteiger partial charge in [0.2, 0.25) is 0 Å². The summed E-state index contributed by atoms with van der Waals surface area (Å²) in [7, 11) is 5.38. The van der Waals surface area contributed by atoms with Crippen LogP contribution in [-0.4, -0.2) is 43.0 Å². The van der Waals surface area contributed by atoms with E-state index < -0.39 is 0 Å². The van der Waals surface area contributed by atoms with Crippen molar-refractivity contribution in [2.24, 2.45) is 0 Å². The average molecular weight is 270 g/mol. The van der Waals surface area contributed by atoms with Gasteiger partial charge in [0.05, 0.1) is 0 Å². The summed E-state index contributed by atoms with van der Waals surface area (Å²) in [6.07, 6.45) is 0. The molecule has 1 aromatic heterocycles. The fourth-order valence-electron chi connectivity index (χ4n) is 1.47. The molecule has 0 saturated heterocycles. The van der Waals surface area contributed by atoms with Crippen molar-refractivity contribution in [3.8, 4) is 0 Å². The molecule has 0 aliphatic rings. The van der Waals surface area contributed by atoms with Crippen LogP contribution in [0.5, 0.6) is 0 Å². The van der Waals surface area contributed by atoms with E-state index in [4.69, 9.17) is 11.6 Å². The number of amides is 1. The Bertz CT molecular complexity index is 458. The lowest BCUT2D eigenvalue weighted by atomic mass is 10.1. The molecule has 0 unspecified atom stereocenters. The van der Waals surface area contributed by atoms with Gasteiger partial charge in [0, 0.05) is 32.7 Å². The first-order valence-corrected chi connectivity index (χ1v) is 6.25. The van der Waals surface area contributed by atoms with Crippen molar-refractivity contribution in [3.05, 3.63) is 22.3 Å². The lowest BCUT2D eigenvalue weighted by molar-refractivity contribution is 0.0827. The van der Waals surface area contributed by atoms with E-state index in [9.17, 15) is 4.79 Å². The number of halogens is 1. The van der Waals surface area contributed by atoms with Crippen LogP contribution in [0.1, 0.15) is 29.8 Å². The average Bonchev–Trinajstić information content (AvgIpc) is 2.30. The number of anilines is 1. The summed E-state index contributed by atoms with van der Waals surface area (Å²) in [5.41, 5.74) is 1.32. The molecule has 0 fully saturated rings. The molecule has 0 bridgehead atoms. The van der Waals surface area contributed by atoms with E-state index in [1.807, 2.05) is 18.9 Å². The third-order valence-corrected chi connectivity index (χ3v) is 3.34. The quantitative estimate of drug-likeness (QED) is 0.792. The minimum atomic E-state index is -0.0600. The topological polar surface area (TPSA) is 36.4 Å². The Morgan fingerprint density at radius 1 is 1.33 bits per heavy atom. The number of hydrogen-bond donors (Lipinski definition) is 0.